The van der Waals surface area contributed by atoms with Gasteiger partial charge in [-0.2, -0.15) is 0 Å². The van der Waals surface area contributed by atoms with Gasteiger partial charge in [0.2, 0.25) is 5.91 Å². The van der Waals surface area contributed by atoms with Crippen LogP contribution in [-0.4, -0.2) is 49.2 Å². The molecule has 0 saturated carbocycles. The molecule has 0 atom stereocenters. The molecule has 2 aromatic heterocycles. The van der Waals surface area contributed by atoms with Gasteiger partial charge in [0.1, 0.15) is 0 Å². The second-order valence-corrected chi connectivity index (χ2v) is 8.24. The highest BCUT2D eigenvalue weighted by atomic mass is 32.1. The number of methoxy groups -OCH3 is 1. The van der Waals surface area contributed by atoms with Crippen molar-refractivity contribution in [2.45, 2.75) is 6.54 Å². The molecule has 7 heteroatoms. The molecule has 4 rings (SSSR count). The van der Waals surface area contributed by atoms with Crippen molar-refractivity contribution in [3.63, 3.8) is 0 Å². The Hall–Kier alpha value is -3.00. The van der Waals surface area contributed by atoms with E-state index in [1.807, 2.05) is 30.3 Å². The van der Waals surface area contributed by atoms with Gasteiger partial charge in [0.15, 0.2) is 5.06 Å². The predicted octanol–water partition coefficient (Wildman–Crippen LogP) is 4.30. The molecule has 1 saturated heterocycles. The van der Waals surface area contributed by atoms with Crippen LogP contribution in [-0.2, 0) is 16.1 Å². The van der Waals surface area contributed by atoms with Crippen molar-refractivity contribution in [1.29, 1.82) is 0 Å². The molecule has 31 heavy (non-hydrogen) atoms. The van der Waals surface area contributed by atoms with E-state index in [-0.39, 0.29) is 5.91 Å². The van der Waals surface area contributed by atoms with Crippen LogP contribution in [0.1, 0.15) is 11.1 Å². The lowest BCUT2D eigenvalue weighted by atomic mass is 10.1. The molecule has 0 radical (unpaired) electrons. The molecular formula is C24H25N3O3S. The first-order chi connectivity index (χ1) is 15.2. The third-order valence-electron chi connectivity index (χ3n) is 5.05. The number of amides is 1. The normalized spacial score (nSPS) is 14.6. The Labute approximate surface area is 186 Å². The molecule has 3 aromatic rings. The third-order valence-corrected chi connectivity index (χ3v) is 6.13. The number of pyridine rings is 1. The van der Waals surface area contributed by atoms with Crippen LogP contribution in [0.25, 0.3) is 16.5 Å². The number of thiophene rings is 1. The SMILES string of the molecule is COc1ccc(-c2ccncc2/C=C/C(=O)Nc2ccc(CN3CCOCC3)cc2)s1. The van der Waals surface area contributed by atoms with Gasteiger partial charge in [-0.25, -0.2) is 0 Å². The zero-order chi connectivity index (χ0) is 21.5. The lowest BCUT2D eigenvalue weighted by Crippen LogP contribution is -2.35. The standard InChI is InChI=1S/C24H25N3O3S/c1-29-24-9-7-22(31-24)21-10-11-25-16-19(21)4-8-23(28)26-20-5-2-18(3-6-20)17-27-12-14-30-15-13-27/h2-11,16H,12-15,17H2,1H3,(H,26,28)/b8-4+. The molecule has 0 unspecified atom stereocenters. The minimum absolute atomic E-state index is 0.181. The van der Waals surface area contributed by atoms with Gasteiger partial charge in [-0.05, 0) is 42.0 Å². The van der Waals surface area contributed by atoms with Crippen molar-refractivity contribution in [3.8, 4) is 15.5 Å². The maximum absolute atomic E-state index is 12.4. The van der Waals surface area contributed by atoms with Crippen molar-refractivity contribution in [2.75, 3.05) is 38.7 Å². The molecule has 0 aliphatic carbocycles. The number of hydrogen-bond donors (Lipinski definition) is 1. The van der Waals surface area contributed by atoms with E-state index in [1.54, 1.807) is 36.9 Å². The molecule has 6 nitrogen and oxygen atoms in total. The van der Waals surface area contributed by atoms with Crippen molar-refractivity contribution < 1.29 is 14.3 Å². The summed E-state index contributed by atoms with van der Waals surface area (Å²) in [7, 11) is 1.66. The molecule has 1 N–H and O–H groups in total. The van der Waals surface area contributed by atoms with Crippen LogP contribution in [0, 0.1) is 0 Å². The molecule has 1 aliphatic rings. The number of anilines is 1. The van der Waals surface area contributed by atoms with E-state index in [1.165, 1.54) is 11.6 Å². The van der Waals surface area contributed by atoms with Gasteiger partial charge in [-0.1, -0.05) is 23.5 Å². The predicted molar refractivity (Wildman–Crippen MR) is 124 cm³/mol. The van der Waals surface area contributed by atoms with E-state index in [0.29, 0.717) is 0 Å². The summed E-state index contributed by atoms with van der Waals surface area (Å²) in [5, 5.41) is 3.76. The van der Waals surface area contributed by atoms with Crippen LogP contribution in [0.5, 0.6) is 5.06 Å². The third kappa shape index (κ3) is 5.79. The van der Waals surface area contributed by atoms with Crippen LogP contribution < -0.4 is 10.1 Å². The Morgan fingerprint density at radius 1 is 1.19 bits per heavy atom. The average Bonchev–Trinajstić information content (AvgIpc) is 3.29. The highest BCUT2D eigenvalue weighted by Gasteiger charge is 2.11. The maximum Gasteiger partial charge on any atom is 0.248 e. The number of ether oxygens (including phenoxy) is 2. The fraction of sp³-hybridized carbons (Fsp3) is 0.250. The molecule has 1 aliphatic heterocycles. The molecule has 0 bridgehead atoms. The van der Waals surface area contributed by atoms with E-state index in [4.69, 9.17) is 9.47 Å². The smallest absolute Gasteiger partial charge is 0.248 e. The van der Waals surface area contributed by atoms with E-state index in [2.05, 4.69) is 27.3 Å². The van der Waals surface area contributed by atoms with E-state index in [0.717, 1.165) is 59.6 Å². The molecule has 1 amide bonds. The number of carbonyl (C=O) groups is 1. The molecule has 160 valence electrons. The number of nitrogens with zero attached hydrogens (tertiary/aromatic N) is 2. The Morgan fingerprint density at radius 2 is 2.00 bits per heavy atom. The topological polar surface area (TPSA) is 63.7 Å². The van der Waals surface area contributed by atoms with Crippen LogP contribution >= 0.6 is 11.3 Å². The van der Waals surface area contributed by atoms with Gasteiger partial charge in [0.05, 0.1) is 20.3 Å². The Kier molecular flexibility index (Phi) is 7.09. The number of hydrogen-bond acceptors (Lipinski definition) is 6. The van der Waals surface area contributed by atoms with Gasteiger partial charge in [0, 0.05) is 59.8 Å². The van der Waals surface area contributed by atoms with Crippen molar-refractivity contribution in [3.05, 3.63) is 72.1 Å². The van der Waals surface area contributed by atoms with E-state index < -0.39 is 0 Å². The lowest BCUT2D eigenvalue weighted by Gasteiger charge is -2.26. The Balaban J connectivity index is 1.37. The lowest BCUT2D eigenvalue weighted by molar-refractivity contribution is -0.111. The molecule has 3 heterocycles. The zero-order valence-corrected chi connectivity index (χ0v) is 18.2. The van der Waals surface area contributed by atoms with Crippen LogP contribution in [0.15, 0.2) is 60.9 Å². The summed E-state index contributed by atoms with van der Waals surface area (Å²) in [4.78, 5) is 20.1. The van der Waals surface area contributed by atoms with Crippen molar-refractivity contribution >= 4 is 29.0 Å². The number of benzene rings is 1. The van der Waals surface area contributed by atoms with Crippen molar-refractivity contribution in [2.24, 2.45) is 0 Å². The van der Waals surface area contributed by atoms with Crippen LogP contribution in [0.3, 0.4) is 0 Å². The fourth-order valence-corrected chi connectivity index (χ4v) is 4.27. The number of aromatic nitrogens is 1. The van der Waals surface area contributed by atoms with Gasteiger partial charge in [-0.3, -0.25) is 14.7 Å². The Morgan fingerprint density at radius 3 is 2.74 bits per heavy atom. The van der Waals surface area contributed by atoms with Crippen LogP contribution in [0.2, 0.25) is 0 Å². The largest absolute Gasteiger partial charge is 0.487 e. The monoisotopic (exact) mass is 435 g/mol. The van der Waals surface area contributed by atoms with Gasteiger partial charge in [0.25, 0.3) is 0 Å². The Bertz CT molecular complexity index is 1040. The first kappa shape index (κ1) is 21.2. The molecular weight excluding hydrogens is 410 g/mol. The zero-order valence-electron chi connectivity index (χ0n) is 17.4. The second-order valence-electron chi connectivity index (χ2n) is 7.19. The number of nitrogens with one attached hydrogen (secondary N) is 1. The van der Waals surface area contributed by atoms with Gasteiger partial charge in [-0.15, -0.1) is 0 Å². The summed E-state index contributed by atoms with van der Waals surface area (Å²) in [5.41, 5.74) is 3.89. The summed E-state index contributed by atoms with van der Waals surface area (Å²) >= 11 is 1.56. The van der Waals surface area contributed by atoms with E-state index in [9.17, 15) is 4.79 Å². The molecule has 1 fully saturated rings. The van der Waals surface area contributed by atoms with Crippen LogP contribution in [0.4, 0.5) is 5.69 Å². The van der Waals surface area contributed by atoms with E-state index >= 15 is 0 Å². The number of rotatable bonds is 7. The summed E-state index contributed by atoms with van der Waals surface area (Å²) in [6.07, 6.45) is 6.83. The number of carbonyl (C=O) groups excluding carboxylic acids is 1. The molecule has 1 aromatic carbocycles. The fourth-order valence-electron chi connectivity index (χ4n) is 3.40. The summed E-state index contributed by atoms with van der Waals surface area (Å²) in [6, 6.07) is 13.9. The summed E-state index contributed by atoms with van der Waals surface area (Å²) in [6.45, 7) is 4.39. The first-order valence-electron chi connectivity index (χ1n) is 10.2. The number of morpholine rings is 1. The quantitative estimate of drug-likeness (QED) is 0.561. The minimum atomic E-state index is -0.181. The minimum Gasteiger partial charge on any atom is -0.487 e. The second kappa shape index (κ2) is 10.3. The first-order valence-corrected chi connectivity index (χ1v) is 11.0. The van der Waals surface area contributed by atoms with Gasteiger partial charge >= 0.3 is 0 Å². The summed E-state index contributed by atoms with van der Waals surface area (Å²) in [5.74, 6) is -0.181. The highest BCUT2D eigenvalue weighted by Crippen LogP contribution is 2.34. The summed E-state index contributed by atoms with van der Waals surface area (Å²) < 4.78 is 10.7. The molecule has 0 spiro atoms. The van der Waals surface area contributed by atoms with Crippen molar-refractivity contribution in [1.82, 2.24) is 9.88 Å². The average molecular weight is 436 g/mol. The highest BCUT2D eigenvalue weighted by molar-refractivity contribution is 7.17. The van der Waals surface area contributed by atoms with Gasteiger partial charge < -0.3 is 14.8 Å². The maximum atomic E-state index is 12.4.